The Kier molecular flexibility index (Phi) is 7.78. The lowest BCUT2D eigenvalue weighted by Gasteiger charge is -2.11. The molecule has 0 atom stereocenters. The topological polar surface area (TPSA) is 51.8 Å². The average molecular weight is 728 g/mol. The van der Waals surface area contributed by atoms with E-state index in [4.69, 9.17) is 19.4 Å². The Morgan fingerprint density at radius 1 is 0.246 bits per heavy atom. The highest BCUT2D eigenvalue weighted by molar-refractivity contribution is 6.07. The van der Waals surface area contributed by atoms with Crippen LogP contribution in [0.2, 0.25) is 0 Å². The molecule has 11 aromatic rings. The third-order valence-corrected chi connectivity index (χ3v) is 10.9. The first-order valence-electron chi connectivity index (χ1n) is 19.2. The Balaban J connectivity index is 1.02. The van der Waals surface area contributed by atoms with Gasteiger partial charge in [-0.3, -0.25) is 0 Å². The highest BCUT2D eigenvalue weighted by atomic mass is 16.3. The van der Waals surface area contributed by atoms with Crippen LogP contribution in [-0.2, 0) is 0 Å². The minimum Gasteiger partial charge on any atom is -0.456 e. The highest BCUT2D eigenvalue weighted by Gasteiger charge is 2.16. The van der Waals surface area contributed by atoms with Crippen molar-refractivity contribution >= 4 is 43.5 Å². The Bertz CT molecular complexity index is 3300. The van der Waals surface area contributed by atoms with E-state index in [2.05, 4.69) is 188 Å². The maximum absolute atomic E-state index is 6.58. The van der Waals surface area contributed by atoms with Gasteiger partial charge in [-0.2, -0.15) is 0 Å². The molecule has 0 saturated heterocycles. The summed E-state index contributed by atoms with van der Waals surface area (Å²) in [7, 11) is 0. The summed E-state index contributed by atoms with van der Waals surface area (Å²) in [6.07, 6.45) is 0. The quantitative estimate of drug-likeness (QED) is 0.171. The molecule has 2 aromatic heterocycles. The van der Waals surface area contributed by atoms with E-state index < -0.39 is 0 Å². The lowest BCUT2D eigenvalue weighted by molar-refractivity contribution is 0.669. The fraction of sp³-hybridized carbons (Fsp3) is 0. The van der Waals surface area contributed by atoms with Crippen LogP contribution in [0.3, 0.4) is 0 Å². The summed E-state index contributed by atoms with van der Waals surface area (Å²) in [5.41, 5.74) is 11.2. The lowest BCUT2D eigenvalue weighted by Crippen LogP contribution is -2.00. The van der Waals surface area contributed by atoms with E-state index in [0.29, 0.717) is 17.5 Å². The smallest absolute Gasteiger partial charge is 0.164 e. The van der Waals surface area contributed by atoms with Gasteiger partial charge in [-0.15, -0.1) is 0 Å². The van der Waals surface area contributed by atoms with Crippen LogP contribution in [0, 0.1) is 0 Å². The van der Waals surface area contributed by atoms with E-state index in [9.17, 15) is 0 Å². The molecule has 0 unspecified atom stereocenters. The summed E-state index contributed by atoms with van der Waals surface area (Å²) in [5, 5.41) is 6.84. The van der Waals surface area contributed by atoms with Crippen molar-refractivity contribution in [1.82, 2.24) is 15.0 Å². The molecular formula is C53H33N3O. The molecule has 11 rings (SSSR count). The number of nitrogens with zero attached hydrogens (tertiary/aromatic N) is 3. The molecule has 57 heavy (non-hydrogen) atoms. The van der Waals surface area contributed by atoms with Crippen molar-refractivity contribution in [3.05, 3.63) is 200 Å². The minimum atomic E-state index is 0.582. The van der Waals surface area contributed by atoms with Crippen LogP contribution in [-0.4, -0.2) is 15.0 Å². The van der Waals surface area contributed by atoms with Gasteiger partial charge >= 0.3 is 0 Å². The number of rotatable bonds is 6. The third-order valence-electron chi connectivity index (χ3n) is 10.9. The number of hydrogen-bond acceptors (Lipinski definition) is 4. The predicted octanol–water partition coefficient (Wildman–Crippen LogP) is 14.1. The van der Waals surface area contributed by atoms with Crippen molar-refractivity contribution < 1.29 is 4.42 Å². The van der Waals surface area contributed by atoms with E-state index in [0.717, 1.165) is 71.7 Å². The van der Waals surface area contributed by atoms with Crippen LogP contribution in [0.4, 0.5) is 0 Å². The second kappa shape index (κ2) is 13.6. The molecule has 0 bridgehead atoms. The molecule has 0 aliphatic carbocycles. The fourth-order valence-corrected chi connectivity index (χ4v) is 7.89. The zero-order valence-electron chi connectivity index (χ0n) is 30.8. The van der Waals surface area contributed by atoms with Crippen molar-refractivity contribution in [3.8, 4) is 67.5 Å². The monoisotopic (exact) mass is 727 g/mol. The first-order valence-corrected chi connectivity index (χ1v) is 19.2. The van der Waals surface area contributed by atoms with Gasteiger partial charge in [0.25, 0.3) is 0 Å². The van der Waals surface area contributed by atoms with Crippen molar-refractivity contribution in [2.24, 2.45) is 0 Å². The van der Waals surface area contributed by atoms with Crippen molar-refractivity contribution in [2.45, 2.75) is 0 Å². The summed E-state index contributed by atoms with van der Waals surface area (Å²) in [6, 6.07) is 70.0. The summed E-state index contributed by atoms with van der Waals surface area (Å²) in [6.45, 7) is 0. The SMILES string of the molecule is c1ccc(-c2cccc(-c3nc(-c4ccc5cc(-c6ccccc6)ccc5c4)nc(-c4ccc5c(c4)oc4cc(-c6ccc7ccccc7c6)ccc45)n3)c2)cc1. The van der Waals surface area contributed by atoms with Gasteiger partial charge in [0.2, 0.25) is 0 Å². The molecule has 0 N–H and O–H groups in total. The van der Waals surface area contributed by atoms with Gasteiger partial charge in [-0.25, -0.2) is 15.0 Å². The number of aromatic nitrogens is 3. The molecule has 0 spiro atoms. The predicted molar refractivity (Wildman–Crippen MR) is 235 cm³/mol. The summed E-state index contributed by atoms with van der Waals surface area (Å²) in [4.78, 5) is 15.4. The second-order valence-electron chi connectivity index (χ2n) is 14.5. The van der Waals surface area contributed by atoms with Crippen molar-refractivity contribution in [2.75, 3.05) is 0 Å². The van der Waals surface area contributed by atoms with Crippen LogP contribution in [0.15, 0.2) is 205 Å². The maximum atomic E-state index is 6.58. The molecule has 9 aromatic carbocycles. The third kappa shape index (κ3) is 6.10. The molecule has 0 amide bonds. The number of furan rings is 1. The standard InChI is InChI=1S/C53H33N3O/c1-3-10-34(11-4-1)38-16-9-17-44(30-38)51-54-52(45-23-22-40-29-39(20-21-42(40)31-45)35-12-5-2-6-13-35)56-53(55-51)46-25-27-48-47-26-24-43(32-49(47)57-50(48)33-46)41-19-18-36-14-7-8-15-37(36)28-41/h1-33H. The Morgan fingerprint density at radius 2 is 0.614 bits per heavy atom. The summed E-state index contributed by atoms with van der Waals surface area (Å²) < 4.78 is 6.58. The Labute approximate surface area is 329 Å². The average Bonchev–Trinajstić information content (AvgIpc) is 3.66. The number of benzene rings is 9. The molecule has 4 heteroatoms. The fourth-order valence-electron chi connectivity index (χ4n) is 7.89. The largest absolute Gasteiger partial charge is 0.456 e. The zero-order chi connectivity index (χ0) is 37.7. The van der Waals surface area contributed by atoms with E-state index in [1.165, 1.54) is 21.9 Å². The van der Waals surface area contributed by atoms with E-state index in [1.807, 2.05) is 12.1 Å². The van der Waals surface area contributed by atoms with Gasteiger partial charge in [-0.1, -0.05) is 152 Å². The summed E-state index contributed by atoms with van der Waals surface area (Å²) >= 11 is 0. The molecule has 0 aliphatic rings. The van der Waals surface area contributed by atoms with E-state index in [1.54, 1.807) is 0 Å². The maximum Gasteiger partial charge on any atom is 0.164 e. The molecule has 0 aliphatic heterocycles. The summed E-state index contributed by atoms with van der Waals surface area (Å²) in [5.74, 6) is 1.80. The molecule has 0 radical (unpaired) electrons. The van der Waals surface area contributed by atoms with Gasteiger partial charge < -0.3 is 4.42 Å². The van der Waals surface area contributed by atoms with E-state index >= 15 is 0 Å². The van der Waals surface area contributed by atoms with E-state index in [-0.39, 0.29) is 0 Å². The van der Waals surface area contributed by atoms with Crippen LogP contribution >= 0.6 is 0 Å². The second-order valence-corrected chi connectivity index (χ2v) is 14.5. The van der Waals surface area contributed by atoms with Crippen LogP contribution < -0.4 is 0 Å². The minimum absolute atomic E-state index is 0.582. The molecular weight excluding hydrogens is 695 g/mol. The first-order chi connectivity index (χ1) is 28.2. The lowest BCUT2D eigenvalue weighted by atomic mass is 9.99. The number of hydrogen-bond donors (Lipinski definition) is 0. The van der Waals surface area contributed by atoms with Gasteiger partial charge in [-0.05, 0) is 103 Å². The van der Waals surface area contributed by atoms with Gasteiger partial charge in [0.05, 0.1) is 0 Å². The molecule has 266 valence electrons. The zero-order valence-corrected chi connectivity index (χ0v) is 30.8. The highest BCUT2D eigenvalue weighted by Crippen LogP contribution is 2.36. The molecule has 0 fully saturated rings. The number of fused-ring (bicyclic) bond motifs is 5. The van der Waals surface area contributed by atoms with Gasteiger partial charge in [0.15, 0.2) is 17.5 Å². The van der Waals surface area contributed by atoms with Crippen molar-refractivity contribution in [3.63, 3.8) is 0 Å². The Morgan fingerprint density at radius 3 is 1.26 bits per heavy atom. The van der Waals surface area contributed by atoms with Crippen LogP contribution in [0.1, 0.15) is 0 Å². The van der Waals surface area contributed by atoms with Crippen LogP contribution in [0.5, 0.6) is 0 Å². The molecule has 2 heterocycles. The Hall–Kier alpha value is -7.69. The normalized spacial score (nSPS) is 11.5. The first kappa shape index (κ1) is 32.7. The van der Waals surface area contributed by atoms with Gasteiger partial charge in [0.1, 0.15) is 11.2 Å². The molecule has 4 nitrogen and oxygen atoms in total. The van der Waals surface area contributed by atoms with Gasteiger partial charge in [0, 0.05) is 27.5 Å². The van der Waals surface area contributed by atoms with Crippen molar-refractivity contribution in [1.29, 1.82) is 0 Å². The van der Waals surface area contributed by atoms with Crippen LogP contribution in [0.25, 0.3) is 111 Å². The molecule has 0 saturated carbocycles.